The van der Waals surface area contributed by atoms with Crippen LogP contribution in [0.4, 0.5) is 22.5 Å². The van der Waals surface area contributed by atoms with Crippen molar-refractivity contribution in [1.29, 1.82) is 0 Å². The monoisotopic (exact) mass is 537 g/mol. The van der Waals surface area contributed by atoms with Gasteiger partial charge in [-0.05, 0) is 44.9 Å². The molecular weight excluding hydrogens is 506 g/mol. The fourth-order valence-corrected chi connectivity index (χ4v) is 5.22. The fraction of sp³-hybridized carbons (Fsp3) is 0.407. The van der Waals surface area contributed by atoms with Gasteiger partial charge in [0.15, 0.2) is 5.13 Å². The number of aromatic nitrogens is 3. The zero-order chi connectivity index (χ0) is 26.2. The van der Waals surface area contributed by atoms with E-state index in [4.69, 9.17) is 18.0 Å². The zero-order valence-electron chi connectivity index (χ0n) is 21.3. The Morgan fingerprint density at radius 1 is 1.16 bits per heavy atom. The molecule has 0 saturated carbocycles. The molecule has 1 aromatic carbocycles. The number of benzene rings is 1. The molecule has 3 aromatic rings. The number of aryl methyl sites for hydroxylation is 2. The first kappa shape index (κ1) is 26.9. The topological polar surface area (TPSA) is 86.3 Å². The average molecular weight is 538 g/mol. The summed E-state index contributed by atoms with van der Waals surface area (Å²) in [6.07, 6.45) is 11.2. The van der Waals surface area contributed by atoms with Crippen LogP contribution in [0.1, 0.15) is 46.7 Å². The molecule has 194 valence electrons. The minimum atomic E-state index is -0.254. The van der Waals surface area contributed by atoms with Gasteiger partial charge in [-0.15, -0.1) is 12.3 Å². The highest BCUT2D eigenvalue weighted by Crippen LogP contribution is 2.28. The summed E-state index contributed by atoms with van der Waals surface area (Å²) in [4.78, 5) is 31.6. The molecule has 1 amide bonds. The number of para-hydroxylation sites is 1. The Morgan fingerprint density at radius 3 is 2.73 bits per heavy atom. The molecule has 0 radical (unpaired) electrons. The van der Waals surface area contributed by atoms with E-state index in [1.165, 1.54) is 24.2 Å². The largest absolute Gasteiger partial charge is 0.354 e. The summed E-state index contributed by atoms with van der Waals surface area (Å²) in [6.45, 7) is 8.76. The second-order valence-corrected chi connectivity index (χ2v) is 10.5. The molecule has 1 aliphatic rings. The number of thiazole rings is 1. The van der Waals surface area contributed by atoms with Crippen molar-refractivity contribution in [2.24, 2.45) is 0 Å². The molecule has 1 fully saturated rings. The number of carbonyl (C=O) groups excluding carboxylic acids is 1. The van der Waals surface area contributed by atoms with E-state index in [1.54, 1.807) is 12.3 Å². The second-order valence-electron chi connectivity index (χ2n) is 9.04. The molecule has 0 atom stereocenters. The van der Waals surface area contributed by atoms with Crippen molar-refractivity contribution in [3.05, 3.63) is 51.7 Å². The van der Waals surface area contributed by atoms with E-state index in [9.17, 15) is 4.79 Å². The molecule has 1 aliphatic heterocycles. The molecule has 2 N–H and O–H groups in total. The van der Waals surface area contributed by atoms with Gasteiger partial charge in [0.2, 0.25) is 0 Å². The van der Waals surface area contributed by atoms with Crippen molar-refractivity contribution in [3.63, 3.8) is 0 Å². The SMILES string of the molecule is C#CCCCCCN1CCN(c2cc(Nc3ncc(C(=O)Nc4c(C)cccc4Cl)s3)nc(C)n2)CC1. The van der Waals surface area contributed by atoms with Crippen molar-refractivity contribution in [2.75, 3.05) is 48.3 Å². The Morgan fingerprint density at radius 2 is 1.97 bits per heavy atom. The highest BCUT2D eigenvalue weighted by molar-refractivity contribution is 7.17. The van der Waals surface area contributed by atoms with Gasteiger partial charge >= 0.3 is 0 Å². The number of anilines is 4. The number of nitrogens with zero attached hydrogens (tertiary/aromatic N) is 5. The fourth-order valence-electron chi connectivity index (χ4n) is 4.23. The van der Waals surface area contributed by atoms with Crippen LogP contribution in [0.15, 0.2) is 30.5 Å². The molecule has 10 heteroatoms. The van der Waals surface area contributed by atoms with Gasteiger partial charge in [0, 0.05) is 38.7 Å². The number of amides is 1. The van der Waals surface area contributed by atoms with Gasteiger partial charge in [-0.1, -0.05) is 41.5 Å². The number of piperazine rings is 1. The van der Waals surface area contributed by atoms with Gasteiger partial charge in [0.1, 0.15) is 22.3 Å². The number of nitrogens with one attached hydrogen (secondary N) is 2. The number of hydrogen-bond acceptors (Lipinski definition) is 8. The Labute approximate surface area is 227 Å². The van der Waals surface area contributed by atoms with Crippen LogP contribution in [0.5, 0.6) is 0 Å². The number of hydrogen-bond donors (Lipinski definition) is 2. The Balaban J connectivity index is 1.34. The number of unbranched alkanes of at least 4 members (excludes halogenated alkanes) is 3. The summed E-state index contributed by atoms with van der Waals surface area (Å²) in [5.41, 5.74) is 1.51. The maximum absolute atomic E-state index is 12.8. The standard InChI is InChI=1S/C27H32ClN7OS/c1-4-5-6-7-8-12-34-13-15-35(16-14-34)24-17-23(30-20(3)31-24)32-27-29-18-22(37-27)26(36)33-25-19(2)10-9-11-21(25)28/h1,9-11,17-18H,5-8,12-16H2,2-3H3,(H,33,36)(H,29,30,31,32). The number of carbonyl (C=O) groups is 1. The third-order valence-corrected chi connectivity index (χ3v) is 7.47. The molecular formula is C27H32ClN7OS. The summed E-state index contributed by atoms with van der Waals surface area (Å²) in [6, 6.07) is 7.45. The van der Waals surface area contributed by atoms with Crippen LogP contribution in [-0.2, 0) is 0 Å². The minimum absolute atomic E-state index is 0.254. The summed E-state index contributed by atoms with van der Waals surface area (Å²) in [7, 11) is 0. The lowest BCUT2D eigenvalue weighted by molar-refractivity contribution is 0.103. The van der Waals surface area contributed by atoms with Crippen molar-refractivity contribution >= 4 is 51.3 Å². The summed E-state index contributed by atoms with van der Waals surface area (Å²) >= 11 is 7.51. The molecule has 4 rings (SSSR count). The van der Waals surface area contributed by atoms with E-state index in [0.717, 1.165) is 56.9 Å². The molecule has 0 aliphatic carbocycles. The third kappa shape index (κ3) is 7.41. The number of terminal acetylenes is 1. The van der Waals surface area contributed by atoms with Crippen LogP contribution in [0.2, 0.25) is 5.02 Å². The highest BCUT2D eigenvalue weighted by atomic mass is 35.5. The quantitative estimate of drug-likeness (QED) is 0.260. The van der Waals surface area contributed by atoms with Gasteiger partial charge in [-0.2, -0.15) is 0 Å². The molecule has 37 heavy (non-hydrogen) atoms. The predicted octanol–water partition coefficient (Wildman–Crippen LogP) is 5.51. The average Bonchev–Trinajstić information content (AvgIpc) is 3.35. The van der Waals surface area contributed by atoms with Crippen LogP contribution >= 0.6 is 22.9 Å². The smallest absolute Gasteiger partial charge is 0.267 e. The van der Waals surface area contributed by atoms with Crippen molar-refractivity contribution in [3.8, 4) is 12.3 Å². The van der Waals surface area contributed by atoms with Crippen LogP contribution in [-0.4, -0.2) is 58.5 Å². The van der Waals surface area contributed by atoms with E-state index < -0.39 is 0 Å². The summed E-state index contributed by atoms with van der Waals surface area (Å²) in [5.74, 6) is 4.69. The summed E-state index contributed by atoms with van der Waals surface area (Å²) < 4.78 is 0. The van der Waals surface area contributed by atoms with E-state index >= 15 is 0 Å². The lowest BCUT2D eigenvalue weighted by Gasteiger charge is -2.35. The van der Waals surface area contributed by atoms with Crippen LogP contribution in [0, 0.1) is 26.2 Å². The molecule has 1 saturated heterocycles. The lowest BCUT2D eigenvalue weighted by Crippen LogP contribution is -2.47. The zero-order valence-corrected chi connectivity index (χ0v) is 22.8. The first-order chi connectivity index (χ1) is 17.9. The van der Waals surface area contributed by atoms with Gasteiger partial charge in [-0.25, -0.2) is 15.0 Å². The van der Waals surface area contributed by atoms with Gasteiger partial charge in [-0.3, -0.25) is 9.69 Å². The maximum Gasteiger partial charge on any atom is 0.267 e. The van der Waals surface area contributed by atoms with Crippen LogP contribution in [0.25, 0.3) is 0 Å². The molecule has 0 spiro atoms. The first-order valence-corrected chi connectivity index (χ1v) is 13.7. The number of rotatable bonds is 10. The normalized spacial score (nSPS) is 13.8. The van der Waals surface area contributed by atoms with Crippen molar-refractivity contribution < 1.29 is 4.79 Å². The molecule has 8 nitrogen and oxygen atoms in total. The van der Waals surface area contributed by atoms with E-state index in [1.807, 2.05) is 32.0 Å². The van der Waals surface area contributed by atoms with E-state index in [-0.39, 0.29) is 5.91 Å². The minimum Gasteiger partial charge on any atom is -0.354 e. The van der Waals surface area contributed by atoms with Gasteiger partial charge in [0.05, 0.1) is 16.9 Å². The second kappa shape index (κ2) is 12.9. The van der Waals surface area contributed by atoms with E-state index in [0.29, 0.717) is 32.4 Å². The Kier molecular flexibility index (Phi) is 9.34. The first-order valence-electron chi connectivity index (χ1n) is 12.5. The Hall–Kier alpha value is -3.19. The maximum atomic E-state index is 12.8. The molecule has 2 aromatic heterocycles. The molecule has 3 heterocycles. The number of halogens is 1. The highest BCUT2D eigenvalue weighted by Gasteiger charge is 2.19. The van der Waals surface area contributed by atoms with Gasteiger partial charge in [0.25, 0.3) is 5.91 Å². The van der Waals surface area contributed by atoms with Gasteiger partial charge < -0.3 is 15.5 Å². The third-order valence-electron chi connectivity index (χ3n) is 6.24. The van der Waals surface area contributed by atoms with E-state index in [2.05, 4.69) is 41.3 Å². The summed E-state index contributed by atoms with van der Waals surface area (Å²) in [5, 5.41) is 7.21. The lowest BCUT2D eigenvalue weighted by atomic mass is 10.2. The Bertz CT molecular complexity index is 1240. The van der Waals surface area contributed by atoms with Crippen molar-refractivity contribution in [1.82, 2.24) is 19.9 Å². The van der Waals surface area contributed by atoms with Crippen LogP contribution < -0.4 is 15.5 Å². The molecule has 0 unspecified atom stereocenters. The van der Waals surface area contributed by atoms with Crippen molar-refractivity contribution in [2.45, 2.75) is 39.5 Å². The molecule has 0 bridgehead atoms. The predicted molar refractivity (Wildman–Crippen MR) is 152 cm³/mol. The van der Waals surface area contributed by atoms with Crippen LogP contribution in [0.3, 0.4) is 0 Å².